The van der Waals surface area contributed by atoms with Gasteiger partial charge in [-0.25, -0.2) is 9.59 Å². The maximum Gasteiger partial charge on any atom is 0.339 e. The summed E-state index contributed by atoms with van der Waals surface area (Å²) < 4.78 is 11.1. The van der Waals surface area contributed by atoms with Crippen LogP contribution >= 0.6 is 0 Å². The number of ether oxygens (including phenoxy) is 1. The van der Waals surface area contributed by atoms with Crippen LogP contribution in [-0.4, -0.2) is 29.1 Å². The van der Waals surface area contributed by atoms with Gasteiger partial charge >= 0.3 is 11.6 Å². The van der Waals surface area contributed by atoms with Crippen molar-refractivity contribution in [2.45, 2.75) is 53.7 Å². The van der Waals surface area contributed by atoms with E-state index in [2.05, 4.69) is 5.32 Å². The van der Waals surface area contributed by atoms with E-state index in [1.54, 1.807) is 39.8 Å². The molecule has 0 bridgehead atoms. The highest BCUT2D eigenvalue weighted by Gasteiger charge is 2.27. The number of nitrogens with one attached hydrogen (secondary N) is 1. The molecule has 0 aliphatic carbocycles. The Morgan fingerprint density at radius 3 is 2.26 bits per heavy atom. The van der Waals surface area contributed by atoms with Gasteiger partial charge in [0.25, 0.3) is 5.91 Å². The van der Waals surface area contributed by atoms with Crippen LogP contribution in [0.15, 0.2) is 21.3 Å². The van der Waals surface area contributed by atoms with E-state index in [0.29, 0.717) is 22.5 Å². The van der Waals surface area contributed by atoms with E-state index in [0.717, 1.165) is 10.9 Å². The number of carboxylic acid groups (broad SMARTS) is 1. The minimum atomic E-state index is -1.10. The van der Waals surface area contributed by atoms with E-state index in [9.17, 15) is 19.5 Å². The number of rotatable bonds is 6. The number of carboxylic acids is 1. The first kappa shape index (κ1) is 20.5. The minimum Gasteiger partial charge on any atom is -0.480 e. The van der Waals surface area contributed by atoms with Crippen LogP contribution < -0.4 is 15.7 Å². The Morgan fingerprint density at radius 2 is 1.70 bits per heavy atom. The maximum absolute atomic E-state index is 12.3. The predicted octanol–water partition coefficient (Wildman–Crippen LogP) is 2.71. The number of amides is 1. The minimum absolute atomic E-state index is 0.262. The molecule has 7 heteroatoms. The summed E-state index contributed by atoms with van der Waals surface area (Å²) in [6.07, 6.45) is -0.917. The Bertz CT molecular complexity index is 944. The van der Waals surface area contributed by atoms with Crippen molar-refractivity contribution in [3.8, 4) is 5.75 Å². The van der Waals surface area contributed by atoms with Gasteiger partial charge in [0.05, 0.1) is 0 Å². The molecule has 0 aliphatic rings. The topological polar surface area (TPSA) is 106 Å². The molecule has 1 aromatic heterocycles. The number of benzene rings is 1. The summed E-state index contributed by atoms with van der Waals surface area (Å²) in [7, 11) is 0. The third kappa shape index (κ3) is 4.13. The van der Waals surface area contributed by atoms with Crippen molar-refractivity contribution in [2.24, 2.45) is 5.92 Å². The van der Waals surface area contributed by atoms with Crippen LogP contribution in [0.1, 0.15) is 37.5 Å². The van der Waals surface area contributed by atoms with Gasteiger partial charge in [0.15, 0.2) is 6.10 Å². The summed E-state index contributed by atoms with van der Waals surface area (Å²) in [5, 5.41) is 12.5. The molecular weight excluding hydrogens is 350 g/mol. The first-order chi connectivity index (χ1) is 12.5. The number of aryl methyl sites for hydroxylation is 2. The van der Waals surface area contributed by atoms with Gasteiger partial charge in [0.2, 0.25) is 0 Å². The number of hydrogen-bond acceptors (Lipinski definition) is 5. The van der Waals surface area contributed by atoms with Gasteiger partial charge in [-0.15, -0.1) is 0 Å². The standard InChI is InChI=1S/C20H25NO6/c1-9(2)16(19(23)24)21-18(22)13(6)26-15-8-7-14-10(3)11(4)20(25)27-17(14)12(15)5/h7-9,13,16H,1-6H3,(H,21,22)(H,23,24)/t13?,16-/m0/s1. The van der Waals surface area contributed by atoms with Crippen LogP contribution in [0.2, 0.25) is 0 Å². The molecule has 0 saturated heterocycles. The fourth-order valence-electron chi connectivity index (χ4n) is 2.78. The summed E-state index contributed by atoms with van der Waals surface area (Å²) in [6.45, 7) is 10.3. The van der Waals surface area contributed by atoms with Crippen LogP contribution in [0.4, 0.5) is 0 Å². The molecule has 0 spiro atoms. The van der Waals surface area contributed by atoms with E-state index in [-0.39, 0.29) is 5.92 Å². The molecule has 0 saturated carbocycles. The molecule has 2 aromatic rings. The van der Waals surface area contributed by atoms with Crippen LogP contribution in [0, 0.1) is 26.7 Å². The third-order valence-electron chi connectivity index (χ3n) is 4.73. The van der Waals surface area contributed by atoms with Gasteiger partial charge in [-0.2, -0.15) is 0 Å². The number of aliphatic carboxylic acids is 1. The summed E-state index contributed by atoms with van der Waals surface area (Å²) in [5.41, 5.74) is 2.00. The molecule has 0 fully saturated rings. The molecular formula is C20H25NO6. The van der Waals surface area contributed by atoms with Gasteiger partial charge in [-0.3, -0.25) is 4.79 Å². The number of carbonyl (C=O) groups excluding carboxylic acids is 1. The van der Waals surface area contributed by atoms with Crippen LogP contribution in [0.3, 0.4) is 0 Å². The van der Waals surface area contributed by atoms with Gasteiger partial charge in [0.1, 0.15) is 17.4 Å². The molecule has 2 N–H and O–H groups in total. The summed E-state index contributed by atoms with van der Waals surface area (Å²) in [5.74, 6) is -1.49. The lowest BCUT2D eigenvalue weighted by molar-refractivity contribution is -0.144. The van der Waals surface area contributed by atoms with Gasteiger partial charge in [-0.05, 0) is 51.3 Å². The predicted molar refractivity (Wildman–Crippen MR) is 101 cm³/mol. The average Bonchev–Trinajstić information content (AvgIpc) is 2.59. The Hall–Kier alpha value is -2.83. The summed E-state index contributed by atoms with van der Waals surface area (Å²) in [4.78, 5) is 35.5. The Balaban J connectivity index is 2.29. The monoisotopic (exact) mass is 375 g/mol. The first-order valence-electron chi connectivity index (χ1n) is 8.78. The van der Waals surface area contributed by atoms with Crippen molar-refractivity contribution in [1.82, 2.24) is 5.32 Å². The van der Waals surface area contributed by atoms with E-state index in [1.807, 2.05) is 6.92 Å². The molecule has 1 unspecified atom stereocenters. The van der Waals surface area contributed by atoms with E-state index < -0.39 is 29.6 Å². The van der Waals surface area contributed by atoms with Gasteiger partial charge < -0.3 is 19.6 Å². The van der Waals surface area contributed by atoms with Gasteiger partial charge in [0, 0.05) is 16.5 Å². The zero-order chi connectivity index (χ0) is 20.5. The van der Waals surface area contributed by atoms with Crippen molar-refractivity contribution in [3.63, 3.8) is 0 Å². The zero-order valence-electron chi connectivity index (χ0n) is 16.4. The zero-order valence-corrected chi connectivity index (χ0v) is 16.4. The highest BCUT2D eigenvalue weighted by atomic mass is 16.5. The fourth-order valence-corrected chi connectivity index (χ4v) is 2.78. The average molecular weight is 375 g/mol. The number of carbonyl (C=O) groups is 2. The molecule has 1 aromatic carbocycles. The van der Waals surface area contributed by atoms with E-state index >= 15 is 0 Å². The smallest absolute Gasteiger partial charge is 0.339 e. The van der Waals surface area contributed by atoms with Crippen molar-refractivity contribution in [1.29, 1.82) is 0 Å². The van der Waals surface area contributed by atoms with Crippen molar-refractivity contribution in [2.75, 3.05) is 0 Å². The van der Waals surface area contributed by atoms with Crippen molar-refractivity contribution in [3.05, 3.63) is 39.2 Å². The SMILES string of the molecule is Cc1c(C)c2ccc(OC(C)C(=O)N[C@H](C(=O)O)C(C)C)c(C)c2oc1=O. The first-order valence-corrected chi connectivity index (χ1v) is 8.78. The normalized spacial score (nSPS) is 13.4. The fraction of sp³-hybridized carbons (Fsp3) is 0.450. The lowest BCUT2D eigenvalue weighted by Gasteiger charge is -2.22. The summed E-state index contributed by atoms with van der Waals surface area (Å²) in [6, 6.07) is 2.50. The Morgan fingerprint density at radius 1 is 1.07 bits per heavy atom. The van der Waals surface area contributed by atoms with E-state index in [1.165, 1.54) is 6.92 Å². The molecule has 0 radical (unpaired) electrons. The highest BCUT2D eigenvalue weighted by Crippen LogP contribution is 2.29. The Kier molecular flexibility index (Phi) is 5.93. The van der Waals surface area contributed by atoms with Crippen LogP contribution in [0.5, 0.6) is 5.75 Å². The third-order valence-corrected chi connectivity index (χ3v) is 4.73. The lowest BCUT2D eigenvalue weighted by Crippen LogP contribution is -2.48. The molecule has 1 heterocycles. The van der Waals surface area contributed by atoms with Crippen molar-refractivity contribution < 1.29 is 23.8 Å². The second-order valence-corrected chi connectivity index (χ2v) is 7.03. The molecule has 146 valence electrons. The highest BCUT2D eigenvalue weighted by molar-refractivity contribution is 5.87. The maximum atomic E-state index is 12.3. The molecule has 2 rings (SSSR count). The second kappa shape index (κ2) is 7.82. The van der Waals surface area contributed by atoms with Crippen LogP contribution in [0.25, 0.3) is 11.0 Å². The molecule has 0 aliphatic heterocycles. The van der Waals surface area contributed by atoms with E-state index in [4.69, 9.17) is 9.15 Å². The molecule has 1 amide bonds. The number of hydrogen-bond donors (Lipinski definition) is 2. The van der Waals surface area contributed by atoms with Gasteiger partial charge in [-0.1, -0.05) is 13.8 Å². The second-order valence-electron chi connectivity index (χ2n) is 7.03. The largest absolute Gasteiger partial charge is 0.480 e. The molecule has 2 atom stereocenters. The quantitative estimate of drug-likeness (QED) is 0.752. The summed E-state index contributed by atoms with van der Waals surface area (Å²) >= 11 is 0. The van der Waals surface area contributed by atoms with Crippen molar-refractivity contribution >= 4 is 22.8 Å². The van der Waals surface area contributed by atoms with Crippen LogP contribution in [-0.2, 0) is 9.59 Å². The molecule has 7 nitrogen and oxygen atoms in total. The molecule has 27 heavy (non-hydrogen) atoms. The Labute approximate surface area is 157 Å². The number of fused-ring (bicyclic) bond motifs is 1. The lowest BCUT2D eigenvalue weighted by atomic mass is 10.0.